The van der Waals surface area contributed by atoms with E-state index in [0.717, 1.165) is 17.7 Å². The van der Waals surface area contributed by atoms with Crippen LogP contribution in [0.4, 0.5) is 18.9 Å². The number of hydrogen-bond acceptors (Lipinski definition) is 3. The summed E-state index contributed by atoms with van der Waals surface area (Å²) in [6.07, 6.45) is 1.03. The highest BCUT2D eigenvalue weighted by atomic mass is 19.4. The van der Waals surface area contributed by atoms with Gasteiger partial charge in [-0.1, -0.05) is 50.2 Å². The maximum atomic E-state index is 12.9. The van der Waals surface area contributed by atoms with Crippen LogP contribution >= 0.6 is 0 Å². The molecule has 0 spiro atoms. The van der Waals surface area contributed by atoms with Gasteiger partial charge in [0.05, 0.1) is 5.41 Å². The van der Waals surface area contributed by atoms with Crippen molar-refractivity contribution in [1.29, 1.82) is 0 Å². The van der Waals surface area contributed by atoms with Crippen LogP contribution in [0.5, 0.6) is 0 Å². The van der Waals surface area contributed by atoms with Crippen molar-refractivity contribution in [2.24, 2.45) is 5.41 Å². The number of hydrogen-bond donors (Lipinski definition) is 1. The monoisotopic (exact) mass is 489 g/mol. The molecular weight excluding hydrogens is 455 g/mol. The topological polar surface area (TPSA) is 52.7 Å². The molecule has 190 valence electrons. The van der Waals surface area contributed by atoms with Crippen molar-refractivity contribution in [1.82, 2.24) is 9.80 Å². The van der Waals surface area contributed by atoms with Crippen LogP contribution in [0.1, 0.15) is 44.4 Å². The van der Waals surface area contributed by atoms with E-state index >= 15 is 0 Å². The molecule has 1 saturated heterocycles. The van der Waals surface area contributed by atoms with Gasteiger partial charge in [-0.05, 0) is 42.2 Å². The molecule has 1 aliphatic heterocycles. The largest absolute Gasteiger partial charge is 0.381 e. The lowest BCUT2D eigenvalue weighted by Gasteiger charge is -2.47. The second-order valence-corrected chi connectivity index (χ2v) is 10.3. The standard InChI is InChI=1S/C26H33N3O2.CHF3/c1-18(30)29-16-26(4,17-29)24(31)28(5)15-19-10-12-21(13-11-19)27-23-14-20-8-6-7-9-22(20)25(23,2)3;2-1(3)4/h6-13,23,27H,14-17H2,1-5H3;1H. The summed E-state index contributed by atoms with van der Waals surface area (Å²) in [6.45, 7) is 6.02. The number of anilines is 1. The molecule has 1 fully saturated rings. The number of amides is 2. The molecule has 2 aliphatic rings. The van der Waals surface area contributed by atoms with Crippen LogP contribution in [0.3, 0.4) is 0 Å². The molecule has 1 unspecified atom stereocenters. The Hall–Kier alpha value is -3.03. The van der Waals surface area contributed by atoms with Gasteiger partial charge in [0.2, 0.25) is 11.8 Å². The molecule has 5 nitrogen and oxygen atoms in total. The number of nitrogens with zero attached hydrogens (tertiary/aromatic N) is 2. The summed E-state index contributed by atoms with van der Waals surface area (Å²) in [7, 11) is 1.84. The van der Waals surface area contributed by atoms with Gasteiger partial charge in [0, 0.05) is 50.7 Å². The van der Waals surface area contributed by atoms with Crippen molar-refractivity contribution in [3.63, 3.8) is 0 Å². The van der Waals surface area contributed by atoms with Gasteiger partial charge in [-0.15, -0.1) is 0 Å². The fourth-order valence-electron chi connectivity index (χ4n) is 5.09. The van der Waals surface area contributed by atoms with Gasteiger partial charge in [-0.3, -0.25) is 9.59 Å². The predicted molar refractivity (Wildman–Crippen MR) is 131 cm³/mol. The van der Waals surface area contributed by atoms with Crippen molar-refractivity contribution < 1.29 is 22.8 Å². The summed E-state index contributed by atoms with van der Waals surface area (Å²) in [5.41, 5.74) is 4.67. The highest BCUT2D eigenvalue weighted by Crippen LogP contribution is 2.40. The first-order valence-corrected chi connectivity index (χ1v) is 11.7. The summed E-state index contributed by atoms with van der Waals surface area (Å²) in [5, 5.41) is 3.72. The summed E-state index contributed by atoms with van der Waals surface area (Å²) in [6, 6.07) is 17.5. The molecule has 0 aromatic heterocycles. The number of rotatable bonds is 5. The number of carbonyl (C=O) groups excluding carboxylic acids is 2. The smallest absolute Gasteiger partial charge is 0.379 e. The van der Waals surface area contributed by atoms with Gasteiger partial charge in [0.15, 0.2) is 0 Å². The van der Waals surface area contributed by atoms with Crippen molar-refractivity contribution in [3.05, 3.63) is 65.2 Å². The number of fused-ring (bicyclic) bond motifs is 1. The molecule has 4 rings (SSSR count). The SMILES string of the molecule is CC(=O)N1CC(C)(C(=O)N(C)Cc2ccc(NC3Cc4ccccc4C3(C)C)cc2)C1.FC(F)F. The summed E-state index contributed by atoms with van der Waals surface area (Å²) in [4.78, 5) is 27.8. The molecule has 0 radical (unpaired) electrons. The quantitative estimate of drug-likeness (QED) is 0.643. The number of alkyl halides is 3. The predicted octanol–water partition coefficient (Wildman–Crippen LogP) is 5.01. The normalized spacial score (nSPS) is 19.2. The molecule has 2 amide bonds. The van der Waals surface area contributed by atoms with Crippen LogP contribution in [0.2, 0.25) is 0 Å². The minimum Gasteiger partial charge on any atom is -0.381 e. The van der Waals surface area contributed by atoms with Crippen LogP contribution in [-0.4, -0.2) is 54.5 Å². The third-order valence-electron chi connectivity index (χ3n) is 7.11. The van der Waals surface area contributed by atoms with Crippen LogP contribution in [-0.2, 0) is 28.0 Å². The first-order chi connectivity index (χ1) is 16.3. The number of likely N-dealkylation sites (tertiary alicyclic amines) is 1. The molecular formula is C27H34F3N3O2. The highest BCUT2D eigenvalue weighted by Gasteiger charge is 2.47. The molecule has 2 aromatic carbocycles. The van der Waals surface area contributed by atoms with E-state index in [1.165, 1.54) is 11.1 Å². The number of benzene rings is 2. The Labute approximate surface area is 205 Å². The maximum Gasteiger partial charge on any atom is 0.379 e. The van der Waals surface area contributed by atoms with E-state index in [2.05, 4.69) is 67.7 Å². The second kappa shape index (κ2) is 10.3. The van der Waals surface area contributed by atoms with Crippen LogP contribution < -0.4 is 5.32 Å². The molecule has 2 aromatic rings. The van der Waals surface area contributed by atoms with E-state index in [1.807, 2.05) is 14.0 Å². The average molecular weight is 490 g/mol. The molecule has 0 bridgehead atoms. The highest BCUT2D eigenvalue weighted by molar-refractivity contribution is 5.86. The molecule has 1 atom stereocenters. The lowest BCUT2D eigenvalue weighted by molar-refractivity contribution is -0.157. The van der Waals surface area contributed by atoms with Crippen molar-refractivity contribution in [2.45, 2.75) is 58.8 Å². The van der Waals surface area contributed by atoms with Crippen LogP contribution in [0.25, 0.3) is 0 Å². The third-order valence-corrected chi connectivity index (χ3v) is 7.11. The van der Waals surface area contributed by atoms with E-state index in [-0.39, 0.29) is 17.2 Å². The Morgan fingerprint density at radius 1 is 1.06 bits per heavy atom. The van der Waals surface area contributed by atoms with Gasteiger partial charge in [-0.25, -0.2) is 0 Å². The Kier molecular flexibility index (Phi) is 7.82. The third kappa shape index (κ3) is 5.97. The maximum absolute atomic E-state index is 12.9. The molecule has 8 heteroatoms. The first-order valence-electron chi connectivity index (χ1n) is 11.7. The van der Waals surface area contributed by atoms with E-state index < -0.39 is 12.1 Å². The zero-order valence-corrected chi connectivity index (χ0v) is 20.9. The Balaban J connectivity index is 0.000000795. The van der Waals surface area contributed by atoms with Crippen molar-refractivity contribution in [2.75, 3.05) is 25.5 Å². The number of nitrogens with one attached hydrogen (secondary N) is 1. The second-order valence-electron chi connectivity index (χ2n) is 10.3. The van der Waals surface area contributed by atoms with Crippen LogP contribution in [0, 0.1) is 5.41 Å². The molecule has 1 heterocycles. The molecule has 1 aliphatic carbocycles. The minimum atomic E-state index is -3.67. The lowest BCUT2D eigenvalue weighted by Crippen LogP contribution is -2.62. The van der Waals surface area contributed by atoms with E-state index in [1.54, 1.807) is 16.7 Å². The molecule has 0 saturated carbocycles. The van der Waals surface area contributed by atoms with E-state index in [4.69, 9.17) is 0 Å². The van der Waals surface area contributed by atoms with Crippen molar-refractivity contribution >= 4 is 17.5 Å². The zero-order valence-electron chi connectivity index (χ0n) is 20.9. The molecule has 1 N–H and O–H groups in total. The Morgan fingerprint density at radius 2 is 1.63 bits per heavy atom. The fraction of sp³-hybridized carbons (Fsp3) is 0.481. The van der Waals surface area contributed by atoms with E-state index in [9.17, 15) is 22.8 Å². The lowest BCUT2D eigenvalue weighted by atomic mass is 9.80. The Bertz CT molecular complexity index is 1050. The first kappa shape index (κ1) is 26.6. The van der Waals surface area contributed by atoms with Crippen LogP contribution in [0.15, 0.2) is 48.5 Å². The Morgan fingerprint density at radius 3 is 2.17 bits per heavy atom. The fourth-order valence-corrected chi connectivity index (χ4v) is 5.09. The van der Waals surface area contributed by atoms with Gasteiger partial charge >= 0.3 is 6.68 Å². The average Bonchev–Trinajstić information content (AvgIpc) is 3.01. The van der Waals surface area contributed by atoms with Gasteiger partial charge in [-0.2, -0.15) is 13.2 Å². The summed E-state index contributed by atoms with van der Waals surface area (Å²) < 4.78 is 29.0. The van der Waals surface area contributed by atoms with Gasteiger partial charge in [0.25, 0.3) is 0 Å². The van der Waals surface area contributed by atoms with E-state index in [0.29, 0.717) is 25.7 Å². The summed E-state index contributed by atoms with van der Waals surface area (Å²) in [5.74, 6) is 0.127. The zero-order chi connectivity index (χ0) is 26.0. The number of halogens is 3. The summed E-state index contributed by atoms with van der Waals surface area (Å²) >= 11 is 0. The van der Waals surface area contributed by atoms with Gasteiger partial charge in [0.1, 0.15) is 0 Å². The van der Waals surface area contributed by atoms with Crippen molar-refractivity contribution in [3.8, 4) is 0 Å². The van der Waals surface area contributed by atoms with Gasteiger partial charge < -0.3 is 15.1 Å². The molecule has 35 heavy (non-hydrogen) atoms. The number of carbonyl (C=O) groups is 2. The minimum absolute atomic E-state index is 0.0320.